The molecule has 1 aliphatic heterocycles. The van der Waals surface area contributed by atoms with Gasteiger partial charge in [-0.3, -0.25) is 9.03 Å². The molecule has 0 atom stereocenters. The third-order valence-corrected chi connectivity index (χ3v) is 7.87. The van der Waals surface area contributed by atoms with Crippen molar-refractivity contribution in [3.05, 3.63) is 54.1 Å². The Hall–Kier alpha value is -1.77. The molecule has 0 radical (unpaired) electrons. The standard InChI is InChI=1S/C18H21ClN2O4S2/c19-12-1-3-15-4-10-18(11-5-15)27(24,25)20-16-6-8-17(9-7-16)21-13-2-14-26(21,22)23/h4-11,20H,1-3,12-14H2. The zero-order valence-electron chi connectivity index (χ0n) is 14.6. The topological polar surface area (TPSA) is 83.6 Å². The van der Waals surface area contributed by atoms with Crippen molar-refractivity contribution in [2.75, 3.05) is 27.2 Å². The van der Waals surface area contributed by atoms with E-state index in [4.69, 9.17) is 11.6 Å². The summed E-state index contributed by atoms with van der Waals surface area (Å²) in [7, 11) is -6.97. The van der Waals surface area contributed by atoms with Crippen LogP contribution >= 0.6 is 11.6 Å². The second kappa shape index (κ2) is 8.08. The van der Waals surface area contributed by atoms with Crippen LogP contribution in [0.3, 0.4) is 0 Å². The Morgan fingerprint density at radius 2 is 1.70 bits per heavy atom. The van der Waals surface area contributed by atoms with Crippen molar-refractivity contribution < 1.29 is 16.8 Å². The fourth-order valence-corrected chi connectivity index (χ4v) is 5.70. The zero-order chi connectivity index (χ0) is 19.5. The van der Waals surface area contributed by atoms with E-state index in [0.29, 0.717) is 30.2 Å². The summed E-state index contributed by atoms with van der Waals surface area (Å²) in [6, 6.07) is 13.0. The van der Waals surface area contributed by atoms with Crippen molar-refractivity contribution in [1.29, 1.82) is 0 Å². The highest BCUT2D eigenvalue weighted by Crippen LogP contribution is 2.26. The van der Waals surface area contributed by atoms with Crippen LogP contribution in [0, 0.1) is 0 Å². The number of sulfonamides is 2. The number of hydrogen-bond donors (Lipinski definition) is 1. The van der Waals surface area contributed by atoms with E-state index >= 15 is 0 Å². The minimum atomic E-state index is -3.71. The second-order valence-electron chi connectivity index (χ2n) is 6.33. The largest absolute Gasteiger partial charge is 0.280 e. The molecule has 0 saturated carbocycles. The first kappa shape index (κ1) is 20.0. The Morgan fingerprint density at radius 1 is 1.04 bits per heavy atom. The van der Waals surface area contributed by atoms with Gasteiger partial charge in [0.05, 0.1) is 16.3 Å². The van der Waals surface area contributed by atoms with Crippen LogP contribution in [0.4, 0.5) is 11.4 Å². The minimum Gasteiger partial charge on any atom is -0.280 e. The maximum absolute atomic E-state index is 12.5. The van der Waals surface area contributed by atoms with Gasteiger partial charge in [-0.25, -0.2) is 16.8 Å². The minimum absolute atomic E-state index is 0.141. The summed E-state index contributed by atoms with van der Waals surface area (Å²) in [6.45, 7) is 0.448. The van der Waals surface area contributed by atoms with Gasteiger partial charge in [-0.05, 0) is 61.2 Å². The highest BCUT2D eigenvalue weighted by atomic mass is 35.5. The molecule has 9 heteroatoms. The van der Waals surface area contributed by atoms with Crippen molar-refractivity contribution in [3.8, 4) is 0 Å². The van der Waals surface area contributed by atoms with Gasteiger partial charge in [0.1, 0.15) is 0 Å². The van der Waals surface area contributed by atoms with Gasteiger partial charge in [0.15, 0.2) is 0 Å². The van der Waals surface area contributed by atoms with Gasteiger partial charge >= 0.3 is 0 Å². The SMILES string of the molecule is O=S(=O)(Nc1ccc(N2CCCS2(=O)=O)cc1)c1ccc(CCCCl)cc1. The number of alkyl halides is 1. The van der Waals surface area contributed by atoms with Crippen LogP contribution in [0.15, 0.2) is 53.4 Å². The highest BCUT2D eigenvalue weighted by molar-refractivity contribution is 7.93. The number of rotatable bonds is 7. The van der Waals surface area contributed by atoms with E-state index in [1.807, 2.05) is 0 Å². The molecule has 0 aromatic heterocycles. The second-order valence-corrected chi connectivity index (χ2v) is 10.4. The van der Waals surface area contributed by atoms with Crippen LogP contribution < -0.4 is 9.03 Å². The molecule has 3 rings (SSSR count). The molecule has 2 aromatic carbocycles. The number of halogens is 1. The Labute approximate surface area is 165 Å². The monoisotopic (exact) mass is 428 g/mol. The molecule has 1 N–H and O–H groups in total. The number of hydrogen-bond acceptors (Lipinski definition) is 4. The summed E-state index contributed by atoms with van der Waals surface area (Å²) >= 11 is 5.67. The molecule has 0 unspecified atom stereocenters. The summed E-state index contributed by atoms with van der Waals surface area (Å²) in [5, 5.41) is 0. The van der Waals surface area contributed by atoms with Crippen LogP contribution in [-0.2, 0) is 26.5 Å². The summed E-state index contributed by atoms with van der Waals surface area (Å²) in [6.07, 6.45) is 2.24. The first-order chi connectivity index (χ1) is 12.8. The van der Waals surface area contributed by atoms with Gasteiger partial charge in [-0.15, -0.1) is 11.6 Å². The van der Waals surface area contributed by atoms with Crippen LogP contribution in [0.1, 0.15) is 18.4 Å². The van der Waals surface area contributed by atoms with Gasteiger partial charge in [0, 0.05) is 18.1 Å². The Kier molecular flexibility index (Phi) is 5.98. The molecular weight excluding hydrogens is 408 g/mol. The van der Waals surface area contributed by atoms with Crippen molar-refractivity contribution >= 4 is 43.0 Å². The van der Waals surface area contributed by atoms with Crippen LogP contribution in [0.2, 0.25) is 0 Å². The van der Waals surface area contributed by atoms with E-state index in [9.17, 15) is 16.8 Å². The lowest BCUT2D eigenvalue weighted by atomic mass is 10.1. The predicted molar refractivity (Wildman–Crippen MR) is 108 cm³/mol. The molecule has 2 aromatic rings. The Balaban J connectivity index is 1.72. The molecule has 0 aliphatic carbocycles. The average Bonchev–Trinajstić information content (AvgIpc) is 3.00. The molecule has 6 nitrogen and oxygen atoms in total. The highest BCUT2D eigenvalue weighted by Gasteiger charge is 2.28. The number of aryl methyl sites for hydroxylation is 1. The van der Waals surface area contributed by atoms with E-state index in [0.717, 1.165) is 18.4 Å². The average molecular weight is 429 g/mol. The molecule has 0 bridgehead atoms. The molecule has 1 saturated heterocycles. The number of anilines is 2. The van der Waals surface area contributed by atoms with Gasteiger partial charge in [-0.1, -0.05) is 12.1 Å². The molecule has 1 heterocycles. The lowest BCUT2D eigenvalue weighted by Crippen LogP contribution is -2.25. The van der Waals surface area contributed by atoms with E-state index in [2.05, 4.69) is 4.72 Å². The van der Waals surface area contributed by atoms with Gasteiger partial charge in [0.25, 0.3) is 10.0 Å². The first-order valence-corrected chi connectivity index (χ1v) is 12.2. The van der Waals surface area contributed by atoms with Gasteiger partial charge < -0.3 is 0 Å². The lowest BCUT2D eigenvalue weighted by molar-refractivity contribution is 0.598. The molecule has 27 heavy (non-hydrogen) atoms. The number of nitrogens with zero attached hydrogens (tertiary/aromatic N) is 1. The fraction of sp³-hybridized carbons (Fsp3) is 0.333. The van der Waals surface area contributed by atoms with E-state index in [-0.39, 0.29) is 10.6 Å². The van der Waals surface area contributed by atoms with Gasteiger partial charge in [0.2, 0.25) is 10.0 Å². The quantitative estimate of drug-likeness (QED) is 0.686. The summed E-state index contributed by atoms with van der Waals surface area (Å²) in [5.41, 5.74) is 1.95. The molecule has 0 amide bonds. The zero-order valence-corrected chi connectivity index (χ0v) is 17.0. The third kappa shape index (κ3) is 4.75. The Bertz CT molecular complexity index is 989. The van der Waals surface area contributed by atoms with Crippen LogP contribution in [0.5, 0.6) is 0 Å². The smallest absolute Gasteiger partial charge is 0.261 e. The third-order valence-electron chi connectivity index (χ3n) is 4.34. The van der Waals surface area contributed by atoms with E-state index < -0.39 is 20.0 Å². The number of benzene rings is 2. The molecule has 0 spiro atoms. The molecule has 146 valence electrons. The summed E-state index contributed by atoms with van der Waals surface area (Å²) in [5.74, 6) is 0.707. The fourth-order valence-electron chi connectivity index (χ4n) is 2.95. The van der Waals surface area contributed by atoms with Crippen LogP contribution in [-0.4, -0.2) is 35.0 Å². The van der Waals surface area contributed by atoms with Crippen molar-refractivity contribution in [2.24, 2.45) is 0 Å². The molecule has 1 fully saturated rings. The van der Waals surface area contributed by atoms with E-state index in [1.165, 1.54) is 4.31 Å². The predicted octanol–water partition coefficient (Wildman–Crippen LogP) is 3.20. The lowest BCUT2D eigenvalue weighted by Gasteiger charge is -2.17. The molecule has 1 aliphatic rings. The first-order valence-electron chi connectivity index (χ1n) is 8.60. The van der Waals surface area contributed by atoms with Crippen molar-refractivity contribution in [3.63, 3.8) is 0 Å². The normalized spacial score (nSPS) is 16.4. The van der Waals surface area contributed by atoms with Crippen molar-refractivity contribution in [2.45, 2.75) is 24.2 Å². The van der Waals surface area contributed by atoms with Crippen molar-refractivity contribution in [1.82, 2.24) is 0 Å². The Morgan fingerprint density at radius 3 is 2.26 bits per heavy atom. The maximum atomic E-state index is 12.5. The number of nitrogens with one attached hydrogen (secondary N) is 1. The summed E-state index contributed by atoms with van der Waals surface area (Å²) < 4.78 is 52.9. The maximum Gasteiger partial charge on any atom is 0.261 e. The summed E-state index contributed by atoms with van der Waals surface area (Å²) in [4.78, 5) is 0.170. The van der Waals surface area contributed by atoms with E-state index in [1.54, 1.807) is 48.5 Å². The van der Waals surface area contributed by atoms with Gasteiger partial charge in [-0.2, -0.15) is 0 Å². The van der Waals surface area contributed by atoms with Crippen LogP contribution in [0.25, 0.3) is 0 Å². The molecular formula is C18H21ClN2O4S2.